The SMILES string of the molecule is CNc1sc(S(=O)(=O)NCC(C)SC)cc1[N+](=O)[O-]. The number of hydrogen-bond acceptors (Lipinski definition) is 7. The van der Waals surface area contributed by atoms with Crippen molar-refractivity contribution in [1.82, 2.24) is 4.72 Å². The van der Waals surface area contributed by atoms with Gasteiger partial charge in [0.1, 0.15) is 4.21 Å². The van der Waals surface area contributed by atoms with E-state index in [1.807, 2.05) is 13.2 Å². The predicted octanol–water partition coefficient (Wildman–Crippen LogP) is 1.73. The molecule has 108 valence electrons. The van der Waals surface area contributed by atoms with Crippen LogP contribution in [0.1, 0.15) is 6.92 Å². The number of thioether (sulfide) groups is 1. The van der Waals surface area contributed by atoms with Crippen LogP contribution in [0.2, 0.25) is 0 Å². The van der Waals surface area contributed by atoms with Crippen LogP contribution in [0.25, 0.3) is 0 Å². The van der Waals surface area contributed by atoms with E-state index in [1.165, 1.54) is 18.8 Å². The van der Waals surface area contributed by atoms with E-state index in [-0.39, 0.29) is 26.7 Å². The van der Waals surface area contributed by atoms with Crippen molar-refractivity contribution >= 4 is 43.8 Å². The summed E-state index contributed by atoms with van der Waals surface area (Å²) in [4.78, 5) is 10.2. The molecule has 1 aromatic rings. The van der Waals surface area contributed by atoms with Crippen molar-refractivity contribution in [2.75, 3.05) is 25.2 Å². The first-order valence-corrected chi connectivity index (χ1v) is 8.89. The van der Waals surface area contributed by atoms with E-state index < -0.39 is 14.9 Å². The Morgan fingerprint density at radius 3 is 2.63 bits per heavy atom. The molecule has 0 amide bonds. The van der Waals surface area contributed by atoms with Crippen LogP contribution in [-0.2, 0) is 10.0 Å². The number of hydrogen-bond donors (Lipinski definition) is 2. The first-order valence-electron chi connectivity index (χ1n) is 5.30. The highest BCUT2D eigenvalue weighted by atomic mass is 32.2. The van der Waals surface area contributed by atoms with E-state index in [9.17, 15) is 18.5 Å². The molecule has 0 aliphatic rings. The molecule has 1 unspecified atom stereocenters. The van der Waals surface area contributed by atoms with Crippen molar-refractivity contribution in [3.8, 4) is 0 Å². The lowest BCUT2D eigenvalue weighted by Crippen LogP contribution is -2.28. The average molecular weight is 325 g/mol. The Morgan fingerprint density at radius 1 is 1.58 bits per heavy atom. The van der Waals surface area contributed by atoms with Crippen LogP contribution in [0, 0.1) is 10.1 Å². The van der Waals surface area contributed by atoms with Gasteiger partial charge in [-0.15, -0.1) is 0 Å². The molecule has 1 heterocycles. The van der Waals surface area contributed by atoms with Gasteiger partial charge in [0.15, 0.2) is 5.00 Å². The minimum atomic E-state index is -3.70. The summed E-state index contributed by atoms with van der Waals surface area (Å²) in [6.07, 6.45) is 1.88. The van der Waals surface area contributed by atoms with Crippen molar-refractivity contribution in [2.45, 2.75) is 16.4 Å². The van der Waals surface area contributed by atoms with Gasteiger partial charge in [0.2, 0.25) is 10.0 Å². The first kappa shape index (κ1) is 16.2. The lowest BCUT2D eigenvalue weighted by molar-refractivity contribution is -0.383. The van der Waals surface area contributed by atoms with Gasteiger partial charge in [0.05, 0.1) is 4.92 Å². The minimum absolute atomic E-state index is 0.0585. The second kappa shape index (κ2) is 6.55. The van der Waals surface area contributed by atoms with Gasteiger partial charge >= 0.3 is 5.69 Å². The van der Waals surface area contributed by atoms with Gasteiger partial charge < -0.3 is 5.32 Å². The van der Waals surface area contributed by atoms with Crippen LogP contribution < -0.4 is 10.0 Å². The largest absolute Gasteiger partial charge is 0.374 e. The van der Waals surface area contributed by atoms with Gasteiger partial charge in [0.25, 0.3) is 0 Å². The topological polar surface area (TPSA) is 101 Å². The minimum Gasteiger partial charge on any atom is -0.374 e. The summed E-state index contributed by atoms with van der Waals surface area (Å²) in [6.45, 7) is 2.17. The second-order valence-corrected chi connectivity index (χ2v) is 8.01. The van der Waals surface area contributed by atoms with Crippen molar-refractivity contribution in [1.29, 1.82) is 0 Å². The smallest absolute Gasteiger partial charge is 0.304 e. The van der Waals surface area contributed by atoms with Crippen LogP contribution in [-0.4, -0.2) is 38.4 Å². The fraction of sp³-hybridized carbons (Fsp3) is 0.556. The number of sulfonamides is 1. The molecule has 1 atom stereocenters. The number of rotatable bonds is 7. The van der Waals surface area contributed by atoms with Gasteiger partial charge in [0, 0.05) is 24.9 Å². The fourth-order valence-corrected chi connectivity index (χ4v) is 4.00. The Labute approximate surface area is 120 Å². The highest BCUT2D eigenvalue weighted by molar-refractivity contribution is 7.99. The zero-order valence-corrected chi connectivity index (χ0v) is 13.1. The van der Waals surface area contributed by atoms with Crippen molar-refractivity contribution in [3.63, 3.8) is 0 Å². The Hall–Kier alpha value is -0.840. The molecule has 0 saturated carbocycles. The summed E-state index contributed by atoms with van der Waals surface area (Å²) < 4.78 is 26.4. The van der Waals surface area contributed by atoms with E-state index in [2.05, 4.69) is 10.0 Å². The molecule has 0 bridgehead atoms. The highest BCUT2D eigenvalue weighted by Gasteiger charge is 2.25. The van der Waals surface area contributed by atoms with Gasteiger partial charge in [-0.25, -0.2) is 13.1 Å². The summed E-state index contributed by atoms with van der Waals surface area (Å²) in [5.41, 5.74) is -0.231. The molecule has 1 aromatic heterocycles. The van der Waals surface area contributed by atoms with Crippen molar-refractivity contribution < 1.29 is 13.3 Å². The number of nitro groups is 1. The lowest BCUT2D eigenvalue weighted by Gasteiger charge is -2.08. The molecule has 0 spiro atoms. The van der Waals surface area contributed by atoms with Gasteiger partial charge in [-0.3, -0.25) is 10.1 Å². The maximum absolute atomic E-state index is 12.0. The number of anilines is 1. The van der Waals surface area contributed by atoms with Crippen LogP contribution in [0.15, 0.2) is 10.3 Å². The third kappa shape index (κ3) is 4.06. The molecule has 0 aromatic carbocycles. The maximum atomic E-state index is 12.0. The molecule has 7 nitrogen and oxygen atoms in total. The van der Waals surface area contributed by atoms with Crippen LogP contribution >= 0.6 is 23.1 Å². The normalized spacial score (nSPS) is 13.2. The zero-order chi connectivity index (χ0) is 14.6. The molecular weight excluding hydrogens is 310 g/mol. The standard InChI is InChI=1S/C9H15N3O4S3/c1-6(17-3)5-11-19(15,16)8-4-7(12(13)14)9(10-2)18-8/h4,6,10-11H,5H2,1-3H3. The molecule has 0 fully saturated rings. The molecule has 1 rings (SSSR count). The molecule has 0 radical (unpaired) electrons. The fourth-order valence-electron chi connectivity index (χ4n) is 1.19. The molecule has 0 aliphatic carbocycles. The highest BCUT2D eigenvalue weighted by Crippen LogP contribution is 2.36. The number of thiophene rings is 1. The van der Waals surface area contributed by atoms with Crippen LogP contribution in [0.3, 0.4) is 0 Å². The molecular formula is C9H15N3O4S3. The lowest BCUT2D eigenvalue weighted by atomic mass is 10.5. The van der Waals surface area contributed by atoms with Gasteiger partial charge in [-0.05, 0) is 6.26 Å². The molecule has 2 N–H and O–H groups in total. The Balaban J connectivity index is 2.99. The van der Waals surface area contributed by atoms with Crippen LogP contribution in [0.4, 0.5) is 10.7 Å². The van der Waals surface area contributed by atoms with E-state index in [1.54, 1.807) is 0 Å². The van der Waals surface area contributed by atoms with Crippen LogP contribution in [0.5, 0.6) is 0 Å². The first-order chi connectivity index (χ1) is 8.81. The summed E-state index contributed by atoms with van der Waals surface area (Å²) >= 11 is 2.38. The zero-order valence-electron chi connectivity index (χ0n) is 10.7. The quantitative estimate of drug-likeness (QED) is 0.585. The van der Waals surface area contributed by atoms with E-state index in [0.29, 0.717) is 0 Å². The molecule has 0 saturated heterocycles. The van der Waals surface area contributed by atoms with E-state index >= 15 is 0 Å². The molecule has 10 heteroatoms. The number of nitrogens with one attached hydrogen (secondary N) is 2. The maximum Gasteiger partial charge on any atom is 0.304 e. The van der Waals surface area contributed by atoms with Crippen molar-refractivity contribution in [3.05, 3.63) is 16.2 Å². The summed E-state index contributed by atoms with van der Waals surface area (Å²) in [5, 5.41) is 13.8. The molecule has 0 aliphatic heterocycles. The van der Waals surface area contributed by atoms with E-state index in [4.69, 9.17) is 0 Å². The van der Waals surface area contributed by atoms with Gasteiger partial charge in [-0.1, -0.05) is 18.3 Å². The summed E-state index contributed by atoms with van der Waals surface area (Å²) in [5.74, 6) is 0. The number of nitrogens with zero attached hydrogens (tertiary/aromatic N) is 1. The summed E-state index contributed by atoms with van der Waals surface area (Å²) in [7, 11) is -2.19. The average Bonchev–Trinajstić information content (AvgIpc) is 2.81. The molecule has 19 heavy (non-hydrogen) atoms. The monoisotopic (exact) mass is 325 g/mol. The predicted molar refractivity (Wildman–Crippen MR) is 78.7 cm³/mol. The Bertz CT molecular complexity index is 555. The Morgan fingerprint density at radius 2 is 2.21 bits per heavy atom. The third-order valence-corrected chi connectivity index (χ3v) is 6.35. The van der Waals surface area contributed by atoms with Crippen molar-refractivity contribution in [2.24, 2.45) is 0 Å². The summed E-state index contributed by atoms with van der Waals surface area (Å²) in [6, 6.07) is 1.07. The van der Waals surface area contributed by atoms with Gasteiger partial charge in [-0.2, -0.15) is 11.8 Å². The van der Waals surface area contributed by atoms with E-state index in [0.717, 1.165) is 17.4 Å². The Kier molecular flexibility index (Phi) is 5.59. The third-order valence-electron chi connectivity index (χ3n) is 2.34. The second-order valence-electron chi connectivity index (χ2n) is 3.69.